The van der Waals surface area contributed by atoms with Crippen LogP contribution in [-0.4, -0.2) is 58.2 Å². The summed E-state index contributed by atoms with van der Waals surface area (Å²) in [5.74, 6) is 2.77. The summed E-state index contributed by atoms with van der Waals surface area (Å²) in [6.45, 7) is 3.67. The Kier molecular flexibility index (Phi) is 4.27. The van der Waals surface area contributed by atoms with Crippen LogP contribution in [0.3, 0.4) is 0 Å². The fraction of sp³-hybridized carbons (Fsp3) is 0.500. The molecule has 23 heavy (non-hydrogen) atoms. The third kappa shape index (κ3) is 3.33. The summed E-state index contributed by atoms with van der Waals surface area (Å²) < 4.78 is 0. The first-order valence-corrected chi connectivity index (χ1v) is 7.87. The largest absolute Gasteiger partial charge is 0.356 e. The quantitative estimate of drug-likeness (QED) is 0.931. The third-order valence-corrected chi connectivity index (χ3v) is 4.08. The molecule has 122 valence electrons. The first-order chi connectivity index (χ1) is 11.0. The predicted octanol–water partition coefficient (Wildman–Crippen LogP) is 1.59. The van der Waals surface area contributed by atoms with Gasteiger partial charge in [-0.2, -0.15) is 5.10 Å². The van der Waals surface area contributed by atoms with Gasteiger partial charge in [-0.15, -0.1) is 0 Å². The molecule has 1 amide bonds. The smallest absolute Gasteiger partial charge is 0.272 e. The minimum atomic E-state index is -0.0787. The average molecular weight is 314 g/mol. The number of pyridine rings is 1. The average Bonchev–Trinajstić information content (AvgIpc) is 3.01. The van der Waals surface area contributed by atoms with Gasteiger partial charge in [-0.3, -0.25) is 9.89 Å². The first kappa shape index (κ1) is 15.5. The van der Waals surface area contributed by atoms with Gasteiger partial charge in [0.05, 0.1) is 0 Å². The van der Waals surface area contributed by atoms with Crippen LogP contribution in [0.15, 0.2) is 18.2 Å². The number of nitrogens with one attached hydrogen (secondary N) is 1. The van der Waals surface area contributed by atoms with E-state index < -0.39 is 0 Å². The highest BCUT2D eigenvalue weighted by Gasteiger charge is 2.25. The van der Waals surface area contributed by atoms with E-state index in [-0.39, 0.29) is 5.91 Å². The Morgan fingerprint density at radius 2 is 2.17 bits per heavy atom. The van der Waals surface area contributed by atoms with Crippen molar-refractivity contribution in [2.24, 2.45) is 0 Å². The minimum absolute atomic E-state index is 0.0787. The van der Waals surface area contributed by atoms with Crippen LogP contribution in [0.1, 0.15) is 40.9 Å². The summed E-state index contributed by atoms with van der Waals surface area (Å²) in [4.78, 5) is 24.8. The normalized spacial score (nSPS) is 18.0. The molecular formula is C16H22N6O. The Bertz CT molecular complexity index is 695. The molecule has 0 spiro atoms. The van der Waals surface area contributed by atoms with Crippen LogP contribution >= 0.6 is 0 Å². The predicted molar refractivity (Wildman–Crippen MR) is 87.6 cm³/mol. The van der Waals surface area contributed by atoms with Gasteiger partial charge in [0.1, 0.15) is 17.3 Å². The summed E-state index contributed by atoms with van der Waals surface area (Å²) in [6.07, 6.45) is 2.13. The van der Waals surface area contributed by atoms with Gasteiger partial charge in [-0.25, -0.2) is 9.97 Å². The lowest BCUT2D eigenvalue weighted by molar-refractivity contribution is 0.0822. The van der Waals surface area contributed by atoms with Gasteiger partial charge in [0.2, 0.25) is 0 Å². The van der Waals surface area contributed by atoms with E-state index in [1.54, 1.807) is 25.1 Å². The van der Waals surface area contributed by atoms with Crippen LogP contribution in [0, 0.1) is 6.92 Å². The van der Waals surface area contributed by atoms with Gasteiger partial charge in [0, 0.05) is 33.1 Å². The fourth-order valence-corrected chi connectivity index (χ4v) is 2.89. The maximum absolute atomic E-state index is 12.1. The van der Waals surface area contributed by atoms with E-state index >= 15 is 0 Å². The number of carbonyl (C=O) groups excluding carboxylic acids is 1. The zero-order chi connectivity index (χ0) is 16.4. The third-order valence-electron chi connectivity index (χ3n) is 4.08. The van der Waals surface area contributed by atoms with Crippen LogP contribution in [0.2, 0.25) is 0 Å². The van der Waals surface area contributed by atoms with E-state index in [9.17, 15) is 4.79 Å². The van der Waals surface area contributed by atoms with Crippen molar-refractivity contribution in [2.45, 2.75) is 25.7 Å². The topological polar surface area (TPSA) is 78.0 Å². The molecule has 1 fully saturated rings. The second-order valence-electron chi connectivity index (χ2n) is 6.14. The molecule has 2 aromatic heterocycles. The summed E-state index contributed by atoms with van der Waals surface area (Å²) in [6, 6.07) is 5.60. The second kappa shape index (κ2) is 6.36. The highest BCUT2D eigenvalue weighted by Crippen LogP contribution is 2.27. The van der Waals surface area contributed by atoms with Crippen LogP contribution in [0.5, 0.6) is 0 Å². The van der Waals surface area contributed by atoms with Crippen molar-refractivity contribution in [3.8, 4) is 0 Å². The van der Waals surface area contributed by atoms with E-state index in [0.29, 0.717) is 11.6 Å². The number of anilines is 1. The summed E-state index contributed by atoms with van der Waals surface area (Å²) in [5.41, 5.74) is 0.475. The van der Waals surface area contributed by atoms with Crippen molar-refractivity contribution in [1.82, 2.24) is 25.1 Å². The van der Waals surface area contributed by atoms with E-state index in [0.717, 1.165) is 43.4 Å². The summed E-state index contributed by atoms with van der Waals surface area (Å²) >= 11 is 0. The zero-order valence-corrected chi connectivity index (χ0v) is 13.8. The molecule has 1 aliphatic rings. The molecule has 1 unspecified atom stereocenters. The number of aromatic amines is 1. The maximum Gasteiger partial charge on any atom is 0.272 e. The molecule has 7 nitrogen and oxygen atoms in total. The monoisotopic (exact) mass is 314 g/mol. The van der Waals surface area contributed by atoms with Crippen molar-refractivity contribution in [3.05, 3.63) is 35.5 Å². The molecule has 3 rings (SSSR count). The number of carbonyl (C=O) groups is 1. The Balaban J connectivity index is 1.78. The molecule has 0 aromatic carbocycles. The van der Waals surface area contributed by atoms with E-state index in [1.165, 1.54) is 0 Å². The highest BCUT2D eigenvalue weighted by atomic mass is 16.2. The summed E-state index contributed by atoms with van der Waals surface area (Å²) in [5, 5.41) is 7.20. The number of nitrogens with zero attached hydrogens (tertiary/aromatic N) is 5. The standard InChI is InChI=1S/C16H22N6O/c1-11-17-15(20-19-11)12-6-5-9-22(10-12)14-8-4-7-13(18-14)16(23)21(2)3/h4,7-8,12H,5-6,9-10H2,1-3H3,(H,17,19,20). The minimum Gasteiger partial charge on any atom is -0.356 e. The second-order valence-corrected chi connectivity index (χ2v) is 6.14. The lowest BCUT2D eigenvalue weighted by Gasteiger charge is -2.32. The van der Waals surface area contributed by atoms with Gasteiger partial charge in [-0.1, -0.05) is 6.07 Å². The van der Waals surface area contributed by atoms with E-state index in [4.69, 9.17) is 0 Å². The van der Waals surface area contributed by atoms with Gasteiger partial charge >= 0.3 is 0 Å². The van der Waals surface area contributed by atoms with Crippen LogP contribution in [0.25, 0.3) is 0 Å². The number of piperidine rings is 1. The molecule has 1 atom stereocenters. The lowest BCUT2D eigenvalue weighted by atomic mass is 9.97. The van der Waals surface area contributed by atoms with Gasteiger partial charge in [0.15, 0.2) is 5.82 Å². The number of aryl methyl sites for hydroxylation is 1. The molecule has 1 saturated heterocycles. The molecule has 2 aromatic rings. The number of amides is 1. The molecule has 0 aliphatic carbocycles. The van der Waals surface area contributed by atoms with Gasteiger partial charge in [0.25, 0.3) is 5.91 Å². The molecule has 0 radical (unpaired) electrons. The number of aromatic nitrogens is 4. The molecule has 0 bridgehead atoms. The Labute approximate surface area is 135 Å². The molecule has 1 N–H and O–H groups in total. The molecule has 3 heterocycles. The fourth-order valence-electron chi connectivity index (χ4n) is 2.89. The highest BCUT2D eigenvalue weighted by molar-refractivity contribution is 5.92. The first-order valence-electron chi connectivity index (χ1n) is 7.87. The Morgan fingerprint density at radius 1 is 1.35 bits per heavy atom. The van der Waals surface area contributed by atoms with Crippen LogP contribution in [-0.2, 0) is 0 Å². The maximum atomic E-state index is 12.1. The van der Waals surface area contributed by atoms with Gasteiger partial charge < -0.3 is 9.80 Å². The summed E-state index contributed by atoms with van der Waals surface area (Å²) in [7, 11) is 3.47. The number of rotatable bonds is 3. The number of hydrogen-bond acceptors (Lipinski definition) is 5. The van der Waals surface area contributed by atoms with Crippen LogP contribution < -0.4 is 4.90 Å². The number of H-pyrrole nitrogens is 1. The van der Waals surface area contributed by atoms with Crippen LogP contribution in [0.4, 0.5) is 5.82 Å². The van der Waals surface area contributed by atoms with E-state index in [1.807, 2.05) is 19.1 Å². The van der Waals surface area contributed by atoms with Crippen molar-refractivity contribution < 1.29 is 4.79 Å². The number of hydrogen-bond donors (Lipinski definition) is 1. The Hall–Kier alpha value is -2.44. The zero-order valence-electron chi connectivity index (χ0n) is 13.8. The molecular weight excluding hydrogens is 292 g/mol. The van der Waals surface area contributed by atoms with Crippen molar-refractivity contribution in [3.63, 3.8) is 0 Å². The van der Waals surface area contributed by atoms with Crippen molar-refractivity contribution >= 4 is 11.7 Å². The van der Waals surface area contributed by atoms with Crippen molar-refractivity contribution in [1.29, 1.82) is 0 Å². The molecule has 7 heteroatoms. The van der Waals surface area contributed by atoms with E-state index in [2.05, 4.69) is 25.1 Å². The molecule has 1 aliphatic heterocycles. The SMILES string of the molecule is Cc1nc(C2CCCN(c3cccc(C(=O)N(C)C)n3)C2)n[nH]1. The lowest BCUT2D eigenvalue weighted by Crippen LogP contribution is -2.35. The van der Waals surface area contributed by atoms with Gasteiger partial charge in [-0.05, 0) is 31.9 Å². The molecule has 0 saturated carbocycles. The Morgan fingerprint density at radius 3 is 2.87 bits per heavy atom. The van der Waals surface area contributed by atoms with Crippen molar-refractivity contribution in [2.75, 3.05) is 32.1 Å².